The number of rotatable bonds is 5. The van der Waals surface area contributed by atoms with Crippen LogP contribution in [-0.2, 0) is 4.79 Å². The molecule has 1 unspecified atom stereocenters. The van der Waals surface area contributed by atoms with Gasteiger partial charge in [-0.2, -0.15) is 0 Å². The van der Waals surface area contributed by atoms with Crippen molar-refractivity contribution in [3.63, 3.8) is 0 Å². The van der Waals surface area contributed by atoms with Crippen molar-refractivity contribution in [3.05, 3.63) is 71.5 Å². The van der Waals surface area contributed by atoms with Gasteiger partial charge in [-0.3, -0.25) is 9.59 Å². The Morgan fingerprint density at radius 3 is 2.24 bits per heavy atom. The second-order valence-corrected chi connectivity index (χ2v) is 6.42. The molecule has 0 aliphatic rings. The van der Waals surface area contributed by atoms with E-state index in [1.165, 1.54) is 0 Å². The van der Waals surface area contributed by atoms with Crippen molar-refractivity contribution in [1.29, 1.82) is 0 Å². The summed E-state index contributed by atoms with van der Waals surface area (Å²) in [6.07, 6.45) is 0. The van der Waals surface area contributed by atoms with Gasteiger partial charge >= 0.3 is 0 Å². The van der Waals surface area contributed by atoms with Crippen molar-refractivity contribution in [2.24, 2.45) is 0 Å². The fourth-order valence-electron chi connectivity index (χ4n) is 2.93. The molecule has 0 spiro atoms. The lowest BCUT2D eigenvalue weighted by atomic mass is 9.93. The van der Waals surface area contributed by atoms with E-state index in [2.05, 4.69) is 5.32 Å². The molecular formula is C21H21NO3. The summed E-state index contributed by atoms with van der Waals surface area (Å²) in [5, 5.41) is 3.71. The number of carbonyl (C=O) groups excluding carboxylic acids is 2. The van der Waals surface area contributed by atoms with Crippen LogP contribution >= 0.6 is 0 Å². The molecule has 0 aliphatic carbocycles. The van der Waals surface area contributed by atoms with Crippen LogP contribution < -0.4 is 5.32 Å². The second kappa shape index (κ2) is 6.93. The van der Waals surface area contributed by atoms with Gasteiger partial charge in [-0.1, -0.05) is 48.5 Å². The predicted octanol–water partition coefficient (Wildman–Crippen LogP) is 4.29. The van der Waals surface area contributed by atoms with Gasteiger partial charge in [0.25, 0.3) is 0 Å². The molecule has 4 nitrogen and oxygen atoms in total. The normalized spacial score (nSPS) is 12.3. The highest BCUT2D eigenvalue weighted by molar-refractivity contribution is 6.11. The van der Waals surface area contributed by atoms with Crippen LogP contribution in [0.15, 0.2) is 59.0 Å². The van der Waals surface area contributed by atoms with Crippen molar-refractivity contribution >= 4 is 22.7 Å². The molecule has 1 heterocycles. The molecule has 3 aromatic rings. The molecule has 0 saturated heterocycles. The molecule has 128 valence electrons. The average molecular weight is 335 g/mol. The molecule has 3 rings (SSSR count). The Labute approximate surface area is 146 Å². The third-order valence-electron chi connectivity index (χ3n) is 4.13. The minimum absolute atomic E-state index is 0.0291. The fraction of sp³-hybridized carbons (Fsp3) is 0.238. The van der Waals surface area contributed by atoms with Crippen LogP contribution in [0.4, 0.5) is 0 Å². The maximum atomic E-state index is 13.0. The van der Waals surface area contributed by atoms with E-state index in [4.69, 9.17) is 4.42 Å². The van der Waals surface area contributed by atoms with Crippen molar-refractivity contribution in [1.82, 2.24) is 5.32 Å². The smallest absolute Gasteiger partial charge is 0.228 e. The lowest BCUT2D eigenvalue weighted by molar-refractivity contribution is -0.122. The van der Waals surface area contributed by atoms with E-state index < -0.39 is 5.92 Å². The van der Waals surface area contributed by atoms with Crippen LogP contribution in [-0.4, -0.2) is 17.7 Å². The SMILES string of the molecule is CC(C)NC(=O)C(C)c1c(C(=O)c2ccccc2)oc2ccccc12. The van der Waals surface area contributed by atoms with Gasteiger partial charge in [0, 0.05) is 22.6 Å². The van der Waals surface area contributed by atoms with Crippen LogP contribution in [0, 0.1) is 0 Å². The molecule has 0 bridgehead atoms. The Hall–Kier alpha value is -2.88. The van der Waals surface area contributed by atoms with Crippen LogP contribution in [0.25, 0.3) is 11.0 Å². The molecule has 1 aromatic heterocycles. The van der Waals surface area contributed by atoms with Gasteiger partial charge in [0.05, 0.1) is 5.92 Å². The molecule has 1 amide bonds. The van der Waals surface area contributed by atoms with Crippen molar-refractivity contribution in [3.8, 4) is 0 Å². The predicted molar refractivity (Wildman–Crippen MR) is 97.8 cm³/mol. The van der Waals surface area contributed by atoms with Crippen molar-refractivity contribution in [2.75, 3.05) is 0 Å². The molecule has 25 heavy (non-hydrogen) atoms. The van der Waals surface area contributed by atoms with E-state index in [9.17, 15) is 9.59 Å². The third-order valence-corrected chi connectivity index (χ3v) is 4.13. The third kappa shape index (κ3) is 3.33. The zero-order valence-electron chi connectivity index (χ0n) is 14.6. The summed E-state index contributed by atoms with van der Waals surface area (Å²) in [4.78, 5) is 25.5. The molecule has 1 atom stereocenters. The van der Waals surface area contributed by atoms with E-state index in [1.54, 1.807) is 19.1 Å². The van der Waals surface area contributed by atoms with Gasteiger partial charge in [0.1, 0.15) is 5.58 Å². The number of para-hydroxylation sites is 1. The fourth-order valence-corrected chi connectivity index (χ4v) is 2.93. The first kappa shape index (κ1) is 17.0. The number of nitrogens with one attached hydrogen (secondary N) is 1. The van der Waals surface area contributed by atoms with Gasteiger partial charge in [0.2, 0.25) is 11.7 Å². The lowest BCUT2D eigenvalue weighted by Crippen LogP contribution is -2.33. The summed E-state index contributed by atoms with van der Waals surface area (Å²) < 4.78 is 5.86. The van der Waals surface area contributed by atoms with Crippen molar-refractivity contribution in [2.45, 2.75) is 32.7 Å². The minimum Gasteiger partial charge on any atom is -0.452 e. The summed E-state index contributed by atoms with van der Waals surface area (Å²) in [6.45, 7) is 5.62. The number of hydrogen-bond acceptors (Lipinski definition) is 3. The van der Waals surface area contributed by atoms with Gasteiger partial charge in [0.15, 0.2) is 5.76 Å². The number of fused-ring (bicyclic) bond motifs is 1. The molecule has 2 aromatic carbocycles. The standard InChI is InChI=1S/C21H21NO3/c1-13(2)22-21(24)14(3)18-16-11-7-8-12-17(16)25-20(18)19(23)15-9-5-4-6-10-15/h4-14H,1-3H3,(H,22,24). The number of furan rings is 1. The Morgan fingerprint density at radius 1 is 0.920 bits per heavy atom. The zero-order valence-corrected chi connectivity index (χ0v) is 14.6. The lowest BCUT2D eigenvalue weighted by Gasteiger charge is -2.15. The molecule has 0 radical (unpaired) electrons. The van der Waals surface area contributed by atoms with Gasteiger partial charge in [-0.15, -0.1) is 0 Å². The van der Waals surface area contributed by atoms with Crippen LogP contribution in [0.5, 0.6) is 0 Å². The van der Waals surface area contributed by atoms with E-state index in [1.807, 2.05) is 56.3 Å². The first-order valence-corrected chi connectivity index (χ1v) is 8.40. The maximum absolute atomic E-state index is 13.0. The number of amides is 1. The quantitative estimate of drug-likeness (QED) is 0.708. The monoisotopic (exact) mass is 335 g/mol. The number of carbonyl (C=O) groups is 2. The second-order valence-electron chi connectivity index (χ2n) is 6.42. The summed E-state index contributed by atoms with van der Waals surface area (Å²) in [5.41, 5.74) is 1.79. The number of hydrogen-bond donors (Lipinski definition) is 1. The average Bonchev–Trinajstić information content (AvgIpc) is 3.00. The molecule has 0 aliphatic heterocycles. The summed E-state index contributed by atoms with van der Waals surface area (Å²) in [6, 6.07) is 16.4. The molecule has 1 N–H and O–H groups in total. The van der Waals surface area contributed by atoms with E-state index in [0.717, 1.165) is 5.39 Å². The number of benzene rings is 2. The topological polar surface area (TPSA) is 59.3 Å². The Bertz CT molecular complexity index is 909. The largest absolute Gasteiger partial charge is 0.452 e. The maximum Gasteiger partial charge on any atom is 0.228 e. The first-order chi connectivity index (χ1) is 12.0. The highest BCUT2D eigenvalue weighted by atomic mass is 16.3. The molecule has 0 saturated carbocycles. The highest BCUT2D eigenvalue weighted by Crippen LogP contribution is 2.33. The first-order valence-electron chi connectivity index (χ1n) is 8.40. The molecular weight excluding hydrogens is 314 g/mol. The zero-order chi connectivity index (χ0) is 18.0. The minimum atomic E-state index is -0.492. The summed E-state index contributed by atoms with van der Waals surface area (Å²) in [5.74, 6) is -0.591. The van der Waals surface area contributed by atoms with Crippen LogP contribution in [0.2, 0.25) is 0 Å². The highest BCUT2D eigenvalue weighted by Gasteiger charge is 2.29. The van der Waals surface area contributed by atoms with Crippen molar-refractivity contribution < 1.29 is 14.0 Å². The summed E-state index contributed by atoms with van der Waals surface area (Å²) >= 11 is 0. The van der Waals surface area contributed by atoms with Gasteiger partial charge in [-0.05, 0) is 26.8 Å². The summed E-state index contributed by atoms with van der Waals surface area (Å²) in [7, 11) is 0. The molecule has 4 heteroatoms. The Morgan fingerprint density at radius 2 is 1.56 bits per heavy atom. The Balaban J connectivity index is 2.12. The Kier molecular flexibility index (Phi) is 4.70. The van der Waals surface area contributed by atoms with Gasteiger partial charge < -0.3 is 9.73 Å². The number of ketones is 1. The molecule has 0 fully saturated rings. The van der Waals surface area contributed by atoms with E-state index in [0.29, 0.717) is 16.7 Å². The van der Waals surface area contributed by atoms with E-state index in [-0.39, 0.29) is 23.5 Å². The van der Waals surface area contributed by atoms with E-state index >= 15 is 0 Å². The van der Waals surface area contributed by atoms with Gasteiger partial charge in [-0.25, -0.2) is 0 Å². The van der Waals surface area contributed by atoms with Crippen LogP contribution in [0.1, 0.15) is 48.4 Å². The van der Waals surface area contributed by atoms with Crippen LogP contribution in [0.3, 0.4) is 0 Å².